The number of hydrogen-bond acceptors (Lipinski definition) is 4. The molecule has 0 atom stereocenters. The lowest BCUT2D eigenvalue weighted by molar-refractivity contribution is -0.112. The Bertz CT molecular complexity index is 1210. The van der Waals surface area contributed by atoms with E-state index in [-0.39, 0.29) is 5.57 Å². The number of hydrogen-bond donors (Lipinski definition) is 1. The highest BCUT2D eigenvalue weighted by atomic mass is 127. The van der Waals surface area contributed by atoms with Gasteiger partial charge in [-0.05, 0) is 90.4 Å². The average molecular weight is 552 g/mol. The van der Waals surface area contributed by atoms with Crippen LogP contribution in [0.5, 0.6) is 11.5 Å². The van der Waals surface area contributed by atoms with Crippen molar-refractivity contribution in [2.75, 3.05) is 11.9 Å². The minimum atomic E-state index is -0.462. The lowest BCUT2D eigenvalue weighted by Crippen LogP contribution is -2.13. The molecular formula is C27H25IN2O3. The Labute approximate surface area is 208 Å². The number of halogens is 1. The third-order valence-electron chi connectivity index (χ3n) is 4.79. The number of rotatable bonds is 8. The van der Waals surface area contributed by atoms with Crippen molar-refractivity contribution in [3.8, 4) is 17.6 Å². The molecule has 1 N–H and O–H groups in total. The van der Waals surface area contributed by atoms with Gasteiger partial charge in [-0.1, -0.05) is 42.0 Å². The largest absolute Gasteiger partial charge is 0.490 e. The minimum absolute atomic E-state index is 0.00285. The molecule has 0 bridgehead atoms. The second-order valence-electron chi connectivity index (χ2n) is 7.53. The second kappa shape index (κ2) is 11.5. The van der Waals surface area contributed by atoms with Crippen molar-refractivity contribution in [2.45, 2.75) is 27.4 Å². The van der Waals surface area contributed by atoms with Crippen LogP contribution in [0.4, 0.5) is 5.69 Å². The Hall–Kier alpha value is -3.31. The van der Waals surface area contributed by atoms with Crippen LogP contribution >= 0.6 is 22.6 Å². The maximum atomic E-state index is 12.6. The number of nitrogens with zero attached hydrogens (tertiary/aromatic N) is 1. The molecule has 0 aromatic heterocycles. The monoisotopic (exact) mass is 552 g/mol. The Morgan fingerprint density at radius 1 is 1.06 bits per heavy atom. The molecule has 5 nitrogen and oxygen atoms in total. The molecule has 0 spiro atoms. The molecule has 3 aromatic rings. The maximum absolute atomic E-state index is 12.6. The van der Waals surface area contributed by atoms with Gasteiger partial charge >= 0.3 is 0 Å². The van der Waals surface area contributed by atoms with Gasteiger partial charge < -0.3 is 14.8 Å². The van der Waals surface area contributed by atoms with Crippen molar-refractivity contribution < 1.29 is 14.3 Å². The van der Waals surface area contributed by atoms with Gasteiger partial charge in [0.2, 0.25) is 0 Å². The van der Waals surface area contributed by atoms with E-state index in [0.29, 0.717) is 36.0 Å². The van der Waals surface area contributed by atoms with Gasteiger partial charge in [-0.15, -0.1) is 0 Å². The Morgan fingerprint density at radius 2 is 1.82 bits per heavy atom. The molecule has 0 heterocycles. The zero-order valence-electron chi connectivity index (χ0n) is 18.8. The molecule has 0 saturated carbocycles. The molecule has 0 aliphatic heterocycles. The van der Waals surface area contributed by atoms with Crippen molar-refractivity contribution in [3.05, 3.63) is 92.1 Å². The number of nitrogens with one attached hydrogen (secondary N) is 1. The summed E-state index contributed by atoms with van der Waals surface area (Å²) in [5, 5.41) is 12.4. The topological polar surface area (TPSA) is 71.3 Å². The average Bonchev–Trinajstić information content (AvgIpc) is 2.78. The molecule has 0 saturated heterocycles. The number of anilines is 1. The van der Waals surface area contributed by atoms with Gasteiger partial charge in [-0.3, -0.25) is 4.79 Å². The number of carbonyl (C=O) groups excluding carboxylic acids is 1. The fourth-order valence-corrected chi connectivity index (χ4v) is 3.93. The minimum Gasteiger partial charge on any atom is -0.490 e. The number of carbonyl (C=O) groups is 1. The van der Waals surface area contributed by atoms with Crippen LogP contribution in [0.1, 0.15) is 29.2 Å². The molecule has 6 heteroatoms. The molecule has 3 aromatic carbocycles. The van der Waals surface area contributed by atoms with E-state index in [4.69, 9.17) is 9.47 Å². The van der Waals surface area contributed by atoms with Crippen LogP contribution in [0.25, 0.3) is 6.08 Å². The van der Waals surface area contributed by atoms with Gasteiger partial charge in [0.05, 0.1) is 10.2 Å². The lowest BCUT2D eigenvalue weighted by atomic mass is 10.1. The summed E-state index contributed by atoms with van der Waals surface area (Å²) < 4.78 is 12.7. The fraction of sp³-hybridized carbons (Fsp3) is 0.185. The quantitative estimate of drug-likeness (QED) is 0.199. The summed E-state index contributed by atoms with van der Waals surface area (Å²) >= 11 is 2.18. The fourth-order valence-electron chi connectivity index (χ4n) is 3.15. The van der Waals surface area contributed by atoms with Gasteiger partial charge in [0, 0.05) is 5.69 Å². The molecule has 0 aliphatic rings. The van der Waals surface area contributed by atoms with E-state index in [1.54, 1.807) is 18.2 Å². The summed E-state index contributed by atoms with van der Waals surface area (Å²) in [4.78, 5) is 12.6. The van der Waals surface area contributed by atoms with Gasteiger partial charge in [0.15, 0.2) is 11.5 Å². The Kier molecular flexibility index (Phi) is 8.50. The summed E-state index contributed by atoms with van der Waals surface area (Å²) in [5.41, 5.74) is 4.60. The zero-order valence-corrected chi connectivity index (χ0v) is 21.0. The normalized spacial score (nSPS) is 10.9. The number of ether oxygens (including phenoxy) is 2. The van der Waals surface area contributed by atoms with Crippen molar-refractivity contribution in [2.24, 2.45) is 0 Å². The number of amides is 1. The zero-order chi connectivity index (χ0) is 23.8. The van der Waals surface area contributed by atoms with Crippen LogP contribution in [0.2, 0.25) is 0 Å². The van der Waals surface area contributed by atoms with Gasteiger partial charge in [-0.2, -0.15) is 5.26 Å². The number of aryl methyl sites for hydroxylation is 2. The Balaban J connectivity index is 1.84. The smallest absolute Gasteiger partial charge is 0.266 e. The first-order valence-corrected chi connectivity index (χ1v) is 11.6. The molecule has 0 radical (unpaired) electrons. The predicted molar refractivity (Wildman–Crippen MR) is 139 cm³/mol. The van der Waals surface area contributed by atoms with E-state index in [2.05, 4.69) is 27.9 Å². The van der Waals surface area contributed by atoms with E-state index >= 15 is 0 Å². The van der Waals surface area contributed by atoms with E-state index < -0.39 is 5.91 Å². The molecule has 1 amide bonds. The van der Waals surface area contributed by atoms with E-state index in [1.165, 1.54) is 5.56 Å². The second-order valence-corrected chi connectivity index (χ2v) is 8.69. The molecule has 3 rings (SSSR count). The Morgan fingerprint density at radius 3 is 2.48 bits per heavy atom. The highest BCUT2D eigenvalue weighted by Crippen LogP contribution is 2.35. The van der Waals surface area contributed by atoms with E-state index in [0.717, 1.165) is 14.7 Å². The van der Waals surface area contributed by atoms with Gasteiger partial charge in [0.1, 0.15) is 18.2 Å². The molecular weight excluding hydrogens is 527 g/mol. The van der Waals surface area contributed by atoms with Crippen LogP contribution in [-0.4, -0.2) is 12.5 Å². The van der Waals surface area contributed by atoms with Crippen LogP contribution in [-0.2, 0) is 11.4 Å². The highest BCUT2D eigenvalue weighted by Gasteiger charge is 2.15. The first-order valence-electron chi connectivity index (χ1n) is 10.5. The SMILES string of the molecule is CCOc1cc(/C=C(/C#N)C(=O)Nc2cccc(C)c2)cc(I)c1OCc1ccc(C)cc1. The third kappa shape index (κ3) is 6.83. The van der Waals surface area contributed by atoms with Crippen LogP contribution in [0, 0.1) is 28.7 Å². The number of nitriles is 1. The van der Waals surface area contributed by atoms with Crippen molar-refractivity contribution in [1.82, 2.24) is 0 Å². The number of benzene rings is 3. The van der Waals surface area contributed by atoms with E-state index in [1.807, 2.05) is 75.4 Å². The summed E-state index contributed by atoms with van der Waals surface area (Å²) in [6.45, 7) is 6.76. The third-order valence-corrected chi connectivity index (χ3v) is 5.59. The summed E-state index contributed by atoms with van der Waals surface area (Å²) in [5.74, 6) is 0.743. The van der Waals surface area contributed by atoms with Crippen LogP contribution < -0.4 is 14.8 Å². The van der Waals surface area contributed by atoms with Crippen LogP contribution in [0.15, 0.2) is 66.2 Å². The van der Waals surface area contributed by atoms with Gasteiger partial charge in [0.25, 0.3) is 5.91 Å². The molecule has 0 unspecified atom stereocenters. The molecule has 0 fully saturated rings. The standard InChI is InChI=1S/C27H25IN2O3/c1-4-32-25-15-21(13-22(16-29)27(31)30-23-7-5-6-19(3)12-23)14-24(28)26(25)33-17-20-10-8-18(2)9-11-20/h5-15H,4,17H2,1-3H3,(H,30,31)/b22-13-. The van der Waals surface area contributed by atoms with Crippen molar-refractivity contribution >= 4 is 40.3 Å². The highest BCUT2D eigenvalue weighted by molar-refractivity contribution is 14.1. The van der Waals surface area contributed by atoms with Gasteiger partial charge in [-0.25, -0.2) is 0 Å². The first-order chi connectivity index (χ1) is 15.9. The summed E-state index contributed by atoms with van der Waals surface area (Å²) in [7, 11) is 0. The molecule has 168 valence electrons. The summed E-state index contributed by atoms with van der Waals surface area (Å²) in [6, 6.07) is 21.2. The first kappa shape index (κ1) is 24.3. The summed E-state index contributed by atoms with van der Waals surface area (Å²) in [6.07, 6.45) is 1.56. The molecule has 33 heavy (non-hydrogen) atoms. The van der Waals surface area contributed by atoms with Crippen molar-refractivity contribution in [1.29, 1.82) is 5.26 Å². The van der Waals surface area contributed by atoms with Crippen molar-refractivity contribution in [3.63, 3.8) is 0 Å². The maximum Gasteiger partial charge on any atom is 0.266 e. The van der Waals surface area contributed by atoms with Crippen LogP contribution in [0.3, 0.4) is 0 Å². The molecule has 0 aliphatic carbocycles. The lowest BCUT2D eigenvalue weighted by Gasteiger charge is -2.15. The predicted octanol–water partition coefficient (Wildman–Crippen LogP) is 6.43. The van der Waals surface area contributed by atoms with E-state index in [9.17, 15) is 10.1 Å².